The van der Waals surface area contributed by atoms with Gasteiger partial charge in [-0.15, -0.1) is 0 Å². The van der Waals surface area contributed by atoms with Crippen LogP contribution in [-0.2, 0) is 23.2 Å². The first-order valence-electron chi connectivity index (χ1n) is 12.3. The van der Waals surface area contributed by atoms with Gasteiger partial charge in [0.15, 0.2) is 0 Å². The highest BCUT2D eigenvalue weighted by Gasteiger charge is 2.35. The molecule has 0 atom stereocenters. The third-order valence-corrected chi connectivity index (χ3v) is 8.98. The first-order chi connectivity index (χ1) is 19.9. The lowest BCUT2D eigenvalue weighted by Crippen LogP contribution is -2.38. The number of anilines is 1. The second kappa shape index (κ2) is 11.6. The minimum atomic E-state index is -3.95. The predicted octanol–water partition coefficient (Wildman–Crippen LogP) is 6.50. The number of halogens is 5. The van der Waals surface area contributed by atoms with Gasteiger partial charge in [-0.05, 0) is 59.5 Å². The lowest BCUT2D eigenvalue weighted by Gasteiger charge is -2.28. The molecular weight excluding hydrogens is 637 g/mol. The van der Waals surface area contributed by atoms with Crippen molar-refractivity contribution < 1.29 is 27.8 Å². The zero-order valence-electron chi connectivity index (χ0n) is 21.6. The van der Waals surface area contributed by atoms with Crippen LogP contribution in [0.4, 0.5) is 19.3 Å². The summed E-state index contributed by atoms with van der Waals surface area (Å²) in [6.45, 7) is 0.849. The molecule has 0 aliphatic carbocycles. The zero-order valence-corrected chi connectivity index (χ0v) is 24.7. The summed E-state index contributed by atoms with van der Waals surface area (Å²) in [7, 11) is 1.45. The molecule has 0 radical (unpaired) electrons. The highest BCUT2D eigenvalue weighted by atomic mass is 35.5. The number of nitrogens with one attached hydrogen (secondary N) is 1. The first kappa shape index (κ1) is 30.0. The molecule has 2 amide bonds. The third kappa shape index (κ3) is 5.62. The maximum atomic E-state index is 14.1. The molecule has 2 aromatic carbocycles. The maximum Gasteiger partial charge on any atom is 0.414 e. The molecule has 3 heterocycles. The van der Waals surface area contributed by atoms with E-state index in [0.29, 0.717) is 53.9 Å². The number of carbonyl (C=O) groups is 2. The summed E-state index contributed by atoms with van der Waals surface area (Å²) in [5, 5.41) is 5.41. The summed E-state index contributed by atoms with van der Waals surface area (Å²) in [5.41, 5.74) is -0.560. The van der Waals surface area contributed by atoms with Crippen LogP contribution in [0.2, 0.25) is 10.0 Å². The van der Waals surface area contributed by atoms with E-state index in [9.17, 15) is 28.4 Å². The van der Waals surface area contributed by atoms with Gasteiger partial charge >= 0.3 is 11.5 Å². The summed E-state index contributed by atoms with van der Waals surface area (Å²) in [6, 6.07) is 8.96. The molecule has 5 rings (SSSR count). The van der Waals surface area contributed by atoms with Crippen LogP contribution in [0.3, 0.4) is 0 Å². The number of fused-ring (bicyclic) bond motifs is 1. The van der Waals surface area contributed by atoms with Gasteiger partial charge in [0.25, 0.3) is 11.5 Å². The topological polar surface area (TPSA) is 116 Å². The maximum absolute atomic E-state index is 14.1. The van der Waals surface area contributed by atoms with E-state index in [-0.39, 0.29) is 38.5 Å². The zero-order chi connectivity index (χ0) is 30.3. The fourth-order valence-corrected chi connectivity index (χ4v) is 6.45. The fraction of sp³-hybridized carbons (Fsp3) is 0.259. The molecule has 0 unspecified atom stereocenters. The van der Waals surface area contributed by atoms with Crippen molar-refractivity contribution in [3.8, 4) is 11.8 Å². The second-order valence-corrected chi connectivity index (χ2v) is 11.6. The number of ether oxygens (including phenoxy) is 2. The Morgan fingerprint density at radius 1 is 1.19 bits per heavy atom. The Hall–Kier alpha value is -3.50. The molecule has 2 aliphatic heterocycles. The number of alkyl halides is 3. The predicted molar refractivity (Wildman–Crippen MR) is 152 cm³/mol. The van der Waals surface area contributed by atoms with E-state index in [1.54, 1.807) is 12.1 Å². The largest absolute Gasteiger partial charge is 0.495 e. The van der Waals surface area contributed by atoms with E-state index in [1.807, 2.05) is 11.1 Å². The average Bonchev–Trinajstić information content (AvgIpc) is 3.37. The molecule has 1 fully saturated rings. The van der Waals surface area contributed by atoms with Gasteiger partial charge in [-0.25, -0.2) is 4.79 Å². The van der Waals surface area contributed by atoms with Crippen molar-refractivity contribution in [3.63, 3.8) is 0 Å². The minimum absolute atomic E-state index is 0.0520. The Labute approximate surface area is 256 Å². The van der Waals surface area contributed by atoms with Crippen molar-refractivity contribution in [2.45, 2.75) is 34.7 Å². The number of hydrogen-bond acceptors (Lipinski definition) is 7. The van der Waals surface area contributed by atoms with Crippen molar-refractivity contribution >= 4 is 64.3 Å². The molecule has 3 aromatic rings. The summed E-state index contributed by atoms with van der Waals surface area (Å²) in [6.07, 6.45) is 0.107. The molecule has 9 nitrogen and oxygen atoms in total. The van der Waals surface area contributed by atoms with Gasteiger partial charge < -0.3 is 19.4 Å². The molecular formula is C27H19Cl3F2N4O5S. The van der Waals surface area contributed by atoms with E-state index in [2.05, 4.69) is 0 Å². The van der Waals surface area contributed by atoms with Crippen LogP contribution in [-0.4, -0.2) is 42.1 Å². The van der Waals surface area contributed by atoms with Crippen LogP contribution in [0.25, 0.3) is 0 Å². The normalized spacial score (nSPS) is 14.8. The lowest BCUT2D eigenvalue weighted by atomic mass is 10.1. The molecule has 0 spiro atoms. The Kier molecular flexibility index (Phi) is 8.31. The fourth-order valence-electron chi connectivity index (χ4n) is 4.66. The first-order valence-corrected chi connectivity index (χ1v) is 14.2. The molecule has 42 heavy (non-hydrogen) atoms. The number of aromatic amines is 1. The number of methoxy groups -OCH3 is 1. The number of hydrogen-bond donors (Lipinski definition) is 1. The molecule has 1 aromatic heterocycles. The van der Waals surface area contributed by atoms with Crippen LogP contribution in [0, 0.1) is 11.3 Å². The van der Waals surface area contributed by atoms with E-state index in [4.69, 9.17) is 44.3 Å². The summed E-state index contributed by atoms with van der Waals surface area (Å²) >= 11 is 18.5. The highest BCUT2D eigenvalue weighted by Crippen LogP contribution is 2.43. The van der Waals surface area contributed by atoms with Gasteiger partial charge in [0, 0.05) is 24.5 Å². The number of rotatable bonds is 6. The average molecular weight is 656 g/mol. The Bertz CT molecular complexity index is 1720. The van der Waals surface area contributed by atoms with Crippen molar-refractivity contribution in [2.24, 2.45) is 0 Å². The molecule has 1 N–H and O–H groups in total. The highest BCUT2D eigenvalue weighted by molar-refractivity contribution is 7.99. The third-order valence-electron chi connectivity index (χ3n) is 6.67. The number of benzene rings is 2. The smallest absolute Gasteiger partial charge is 0.414 e. The van der Waals surface area contributed by atoms with Crippen LogP contribution in [0.15, 0.2) is 44.9 Å². The van der Waals surface area contributed by atoms with E-state index < -0.39 is 34.2 Å². The minimum Gasteiger partial charge on any atom is -0.495 e. The Morgan fingerprint density at radius 3 is 2.55 bits per heavy atom. The number of aromatic nitrogens is 1. The van der Waals surface area contributed by atoms with Crippen LogP contribution in [0.5, 0.6) is 5.75 Å². The summed E-state index contributed by atoms with van der Waals surface area (Å²) < 4.78 is 38.8. The molecule has 1 saturated heterocycles. The number of amides is 2. The van der Waals surface area contributed by atoms with E-state index in [1.165, 1.54) is 29.0 Å². The second-order valence-electron chi connectivity index (χ2n) is 9.27. The number of carbonyl (C=O) groups excluding carboxylic acids is 2. The lowest BCUT2D eigenvalue weighted by molar-refractivity contribution is 0.0740. The van der Waals surface area contributed by atoms with Crippen molar-refractivity contribution in [1.82, 2.24) is 9.88 Å². The van der Waals surface area contributed by atoms with E-state index in [0.717, 1.165) is 6.07 Å². The van der Waals surface area contributed by atoms with Crippen LogP contribution in [0.1, 0.15) is 39.2 Å². The van der Waals surface area contributed by atoms with Gasteiger partial charge in [-0.3, -0.25) is 14.5 Å². The number of cyclic esters (lactones) is 1. The van der Waals surface area contributed by atoms with Crippen molar-refractivity contribution in [3.05, 3.63) is 78.7 Å². The molecule has 218 valence electrons. The summed E-state index contributed by atoms with van der Waals surface area (Å²) in [5.74, 6) is -0.368. The quantitative estimate of drug-likeness (QED) is 0.301. The number of H-pyrrole nitrogens is 1. The van der Waals surface area contributed by atoms with Gasteiger partial charge in [0.2, 0.25) is 0 Å². The molecule has 2 aliphatic rings. The molecule has 0 bridgehead atoms. The van der Waals surface area contributed by atoms with Crippen LogP contribution >= 0.6 is 46.6 Å². The number of nitriles is 1. The Morgan fingerprint density at radius 2 is 1.90 bits per heavy atom. The SMILES string of the molecule is COc1cc2c(cc1N1CCCOC1=O)CN(C(=O)c1c(Sc3c(Cl)ccc(C#N)c3Cl)cc(C(F)(F)Cl)[nH]c1=O)C2. The van der Waals surface area contributed by atoms with Crippen molar-refractivity contribution in [2.75, 3.05) is 25.2 Å². The number of nitrogens with zero attached hydrogens (tertiary/aromatic N) is 3. The summed E-state index contributed by atoms with van der Waals surface area (Å²) in [4.78, 5) is 44.1. The van der Waals surface area contributed by atoms with Crippen LogP contribution < -0.4 is 15.2 Å². The van der Waals surface area contributed by atoms with Gasteiger partial charge in [-0.1, -0.05) is 35.0 Å². The van der Waals surface area contributed by atoms with E-state index >= 15 is 0 Å². The standard InChI is InChI=1S/C27H19Cl3F2N4O5S/c1-40-18-8-15-12-35(11-14(15)7-17(18)36-5-2-6-41-26(36)39)25(38)21-19(9-20(27(30,31)32)34-24(21)37)42-23-16(28)4-3-13(10-33)22(23)29/h3-4,7-9H,2,5-6,11-12H2,1H3,(H,34,37). The molecule has 15 heteroatoms. The molecule has 0 saturated carbocycles. The van der Waals surface area contributed by atoms with Gasteiger partial charge in [-0.2, -0.15) is 14.0 Å². The van der Waals surface area contributed by atoms with Gasteiger partial charge in [0.05, 0.1) is 39.9 Å². The Balaban J connectivity index is 1.54. The number of pyridine rings is 1. The monoisotopic (exact) mass is 654 g/mol. The van der Waals surface area contributed by atoms with Gasteiger partial charge in [0.1, 0.15) is 23.1 Å². The van der Waals surface area contributed by atoms with Crippen molar-refractivity contribution in [1.29, 1.82) is 5.26 Å².